The molecule has 1 fully saturated rings. The highest BCUT2D eigenvalue weighted by atomic mass is 16.5. The number of hydrogen-bond acceptors (Lipinski definition) is 3. The average Bonchev–Trinajstić information content (AvgIpc) is 2.92. The summed E-state index contributed by atoms with van der Waals surface area (Å²) in [7, 11) is 1.69. The lowest BCUT2D eigenvalue weighted by molar-refractivity contribution is 0.198. The summed E-state index contributed by atoms with van der Waals surface area (Å²) < 4.78 is 5.20. The standard InChI is InChI=1S/C16H25NO2/c1-3-15(12-7-9-14(19-2)10-8-12)17-16-6-4-5-13(16)11-18/h7-10,13,15-18H,3-6,11H2,1-2H3. The van der Waals surface area contributed by atoms with Crippen molar-refractivity contribution in [1.82, 2.24) is 5.32 Å². The van der Waals surface area contributed by atoms with Gasteiger partial charge in [-0.25, -0.2) is 0 Å². The van der Waals surface area contributed by atoms with E-state index in [-0.39, 0.29) is 0 Å². The molecule has 3 nitrogen and oxygen atoms in total. The Kier molecular flexibility index (Phi) is 5.23. The Morgan fingerprint density at radius 2 is 2.05 bits per heavy atom. The smallest absolute Gasteiger partial charge is 0.118 e. The zero-order chi connectivity index (χ0) is 13.7. The monoisotopic (exact) mass is 263 g/mol. The molecular weight excluding hydrogens is 238 g/mol. The lowest BCUT2D eigenvalue weighted by Crippen LogP contribution is -2.36. The van der Waals surface area contributed by atoms with Gasteiger partial charge in [0.2, 0.25) is 0 Å². The summed E-state index contributed by atoms with van der Waals surface area (Å²) in [5.41, 5.74) is 1.30. The van der Waals surface area contributed by atoms with Gasteiger partial charge in [-0.2, -0.15) is 0 Å². The van der Waals surface area contributed by atoms with Crippen molar-refractivity contribution in [2.45, 2.75) is 44.7 Å². The van der Waals surface area contributed by atoms with Crippen LogP contribution in [0.3, 0.4) is 0 Å². The van der Waals surface area contributed by atoms with Crippen LogP contribution in [0.25, 0.3) is 0 Å². The Balaban J connectivity index is 2.02. The van der Waals surface area contributed by atoms with Crippen molar-refractivity contribution < 1.29 is 9.84 Å². The van der Waals surface area contributed by atoms with Crippen LogP contribution in [0.2, 0.25) is 0 Å². The molecule has 0 amide bonds. The zero-order valence-electron chi connectivity index (χ0n) is 11.9. The highest BCUT2D eigenvalue weighted by Crippen LogP contribution is 2.29. The summed E-state index contributed by atoms with van der Waals surface area (Å²) in [5.74, 6) is 1.32. The third-order valence-corrected chi connectivity index (χ3v) is 4.24. The largest absolute Gasteiger partial charge is 0.497 e. The second-order valence-corrected chi connectivity index (χ2v) is 5.38. The average molecular weight is 263 g/mol. The molecular formula is C16H25NO2. The SMILES string of the molecule is CCC(NC1CCCC1CO)c1ccc(OC)cc1. The molecule has 1 aromatic rings. The van der Waals surface area contributed by atoms with Crippen LogP contribution in [-0.2, 0) is 0 Å². The number of benzene rings is 1. The number of aliphatic hydroxyl groups excluding tert-OH is 1. The summed E-state index contributed by atoms with van der Waals surface area (Å²) >= 11 is 0. The molecule has 19 heavy (non-hydrogen) atoms. The Morgan fingerprint density at radius 3 is 2.63 bits per heavy atom. The van der Waals surface area contributed by atoms with Gasteiger partial charge < -0.3 is 15.2 Å². The molecule has 106 valence electrons. The van der Waals surface area contributed by atoms with Crippen molar-refractivity contribution in [3.63, 3.8) is 0 Å². The fraction of sp³-hybridized carbons (Fsp3) is 0.625. The second-order valence-electron chi connectivity index (χ2n) is 5.38. The van der Waals surface area contributed by atoms with Crippen LogP contribution >= 0.6 is 0 Å². The zero-order valence-corrected chi connectivity index (χ0v) is 11.9. The van der Waals surface area contributed by atoms with Gasteiger partial charge in [-0.15, -0.1) is 0 Å². The fourth-order valence-electron chi connectivity index (χ4n) is 3.02. The van der Waals surface area contributed by atoms with E-state index in [0.717, 1.165) is 18.6 Å². The number of hydrogen-bond donors (Lipinski definition) is 2. The maximum Gasteiger partial charge on any atom is 0.118 e. The van der Waals surface area contributed by atoms with Crippen molar-refractivity contribution in [3.05, 3.63) is 29.8 Å². The lowest BCUT2D eigenvalue weighted by atomic mass is 9.99. The van der Waals surface area contributed by atoms with E-state index in [1.807, 2.05) is 12.1 Å². The molecule has 1 aliphatic carbocycles. The first kappa shape index (κ1) is 14.4. The molecule has 0 aliphatic heterocycles. The molecule has 3 heteroatoms. The maximum absolute atomic E-state index is 9.40. The third-order valence-electron chi connectivity index (χ3n) is 4.24. The molecule has 2 rings (SSSR count). The minimum absolute atomic E-state index is 0.302. The van der Waals surface area contributed by atoms with Gasteiger partial charge in [-0.05, 0) is 42.9 Å². The van der Waals surface area contributed by atoms with Gasteiger partial charge in [-0.1, -0.05) is 25.5 Å². The molecule has 0 aromatic heterocycles. The van der Waals surface area contributed by atoms with Gasteiger partial charge in [0.15, 0.2) is 0 Å². The highest BCUT2D eigenvalue weighted by molar-refractivity contribution is 5.29. The van der Waals surface area contributed by atoms with Crippen LogP contribution in [0.15, 0.2) is 24.3 Å². The molecule has 0 radical (unpaired) electrons. The molecule has 0 spiro atoms. The van der Waals surface area contributed by atoms with Crippen molar-refractivity contribution in [1.29, 1.82) is 0 Å². The number of aliphatic hydroxyl groups is 1. The first-order chi connectivity index (χ1) is 9.28. The van der Waals surface area contributed by atoms with Gasteiger partial charge in [0, 0.05) is 18.7 Å². The van der Waals surface area contributed by atoms with Gasteiger partial charge in [0.25, 0.3) is 0 Å². The van der Waals surface area contributed by atoms with E-state index in [9.17, 15) is 5.11 Å². The van der Waals surface area contributed by atoms with E-state index in [0.29, 0.717) is 24.6 Å². The summed E-state index contributed by atoms with van der Waals surface area (Å²) in [6.07, 6.45) is 4.61. The van der Waals surface area contributed by atoms with E-state index in [2.05, 4.69) is 24.4 Å². The Morgan fingerprint density at radius 1 is 1.32 bits per heavy atom. The lowest BCUT2D eigenvalue weighted by Gasteiger charge is -2.26. The van der Waals surface area contributed by atoms with Crippen molar-refractivity contribution in [2.24, 2.45) is 5.92 Å². The normalized spacial score (nSPS) is 24.4. The third kappa shape index (κ3) is 3.48. The fourth-order valence-corrected chi connectivity index (χ4v) is 3.02. The van der Waals surface area contributed by atoms with Crippen molar-refractivity contribution in [3.8, 4) is 5.75 Å². The number of methoxy groups -OCH3 is 1. The molecule has 1 saturated carbocycles. The van der Waals surface area contributed by atoms with Crippen molar-refractivity contribution >= 4 is 0 Å². The Labute approximate surface area is 116 Å². The molecule has 0 heterocycles. The maximum atomic E-state index is 9.40. The van der Waals surface area contributed by atoms with Crippen LogP contribution in [0.5, 0.6) is 5.75 Å². The highest BCUT2D eigenvalue weighted by Gasteiger charge is 2.28. The van der Waals surface area contributed by atoms with Gasteiger partial charge in [-0.3, -0.25) is 0 Å². The first-order valence-electron chi connectivity index (χ1n) is 7.29. The van der Waals surface area contributed by atoms with Crippen molar-refractivity contribution in [2.75, 3.05) is 13.7 Å². The summed E-state index contributed by atoms with van der Waals surface area (Å²) in [4.78, 5) is 0. The number of nitrogens with one attached hydrogen (secondary N) is 1. The summed E-state index contributed by atoms with van der Waals surface area (Å²) in [6.45, 7) is 2.50. The molecule has 0 saturated heterocycles. The quantitative estimate of drug-likeness (QED) is 0.829. The van der Waals surface area contributed by atoms with Crippen LogP contribution < -0.4 is 10.1 Å². The summed E-state index contributed by atoms with van der Waals surface area (Å²) in [6, 6.07) is 9.10. The van der Waals surface area contributed by atoms with Gasteiger partial charge >= 0.3 is 0 Å². The molecule has 0 bridgehead atoms. The van der Waals surface area contributed by atoms with Gasteiger partial charge in [0.05, 0.1) is 7.11 Å². The first-order valence-corrected chi connectivity index (χ1v) is 7.29. The minimum atomic E-state index is 0.302. The predicted octanol–water partition coefficient (Wildman–Crippen LogP) is 2.90. The van der Waals surface area contributed by atoms with Gasteiger partial charge in [0.1, 0.15) is 5.75 Å². The number of ether oxygens (including phenoxy) is 1. The molecule has 1 aliphatic rings. The molecule has 1 aromatic carbocycles. The second kappa shape index (κ2) is 6.92. The minimum Gasteiger partial charge on any atom is -0.497 e. The topological polar surface area (TPSA) is 41.5 Å². The van der Waals surface area contributed by atoms with E-state index in [1.54, 1.807) is 7.11 Å². The van der Waals surface area contributed by atoms with Crippen LogP contribution in [0, 0.1) is 5.92 Å². The summed E-state index contributed by atoms with van der Waals surface area (Å²) in [5, 5.41) is 13.1. The van der Waals surface area contributed by atoms with E-state index < -0.39 is 0 Å². The van der Waals surface area contributed by atoms with Crippen LogP contribution in [-0.4, -0.2) is 24.9 Å². The Bertz CT molecular complexity index is 377. The van der Waals surface area contributed by atoms with E-state index >= 15 is 0 Å². The Hall–Kier alpha value is -1.06. The van der Waals surface area contributed by atoms with E-state index in [4.69, 9.17) is 4.74 Å². The molecule has 2 N–H and O–H groups in total. The van der Waals surface area contributed by atoms with Crippen LogP contribution in [0.1, 0.15) is 44.2 Å². The molecule has 3 atom stereocenters. The van der Waals surface area contributed by atoms with E-state index in [1.165, 1.54) is 18.4 Å². The predicted molar refractivity (Wildman–Crippen MR) is 77.4 cm³/mol. The number of rotatable bonds is 6. The van der Waals surface area contributed by atoms with Crippen LogP contribution in [0.4, 0.5) is 0 Å². The molecule has 3 unspecified atom stereocenters.